The van der Waals surface area contributed by atoms with Gasteiger partial charge in [-0.1, -0.05) is 11.6 Å². The monoisotopic (exact) mass is 543 g/mol. The van der Waals surface area contributed by atoms with Crippen molar-refractivity contribution in [2.75, 3.05) is 54.1 Å². The van der Waals surface area contributed by atoms with E-state index in [0.29, 0.717) is 41.9 Å². The second kappa shape index (κ2) is 13.3. The smallest absolute Gasteiger partial charge is 0.254 e. The zero-order valence-electron chi connectivity index (χ0n) is 23.3. The largest absolute Gasteiger partial charge is 0.493 e. The Labute approximate surface area is 229 Å². The Hall–Kier alpha value is -3.17. The van der Waals surface area contributed by atoms with Crippen LogP contribution in [0.5, 0.6) is 17.2 Å². The summed E-state index contributed by atoms with van der Waals surface area (Å²) in [5.74, 6) is -0.223. The number of carbonyl (C=O) groups excluding carboxylic acids is 1. The molecular weight excluding hydrogens is 504 g/mol. The molecule has 1 atom stereocenters. The Morgan fingerprint density at radius 1 is 1.05 bits per heavy atom. The van der Waals surface area contributed by atoms with Gasteiger partial charge in [0.25, 0.3) is 5.91 Å². The molecule has 2 heterocycles. The molecule has 0 radical (unpaired) electrons. The molecule has 1 N–H and O–H groups in total. The van der Waals surface area contributed by atoms with Crippen molar-refractivity contribution in [1.29, 1.82) is 0 Å². The van der Waals surface area contributed by atoms with Gasteiger partial charge in [-0.15, -0.1) is 0 Å². The van der Waals surface area contributed by atoms with Crippen molar-refractivity contribution in [3.63, 3.8) is 0 Å². The van der Waals surface area contributed by atoms with Crippen molar-refractivity contribution in [3.8, 4) is 17.2 Å². The number of ether oxygens (including phenoxy) is 3. The highest BCUT2D eigenvalue weighted by atomic mass is 19.1. The summed E-state index contributed by atoms with van der Waals surface area (Å²) in [4.78, 5) is 18.4. The molecule has 9 heteroatoms. The van der Waals surface area contributed by atoms with Gasteiger partial charge in [-0.05, 0) is 76.5 Å². The fourth-order valence-corrected chi connectivity index (χ4v) is 5.76. The first-order valence-electron chi connectivity index (χ1n) is 13.5. The molecular formula is C30H39F2N3O4. The Morgan fingerprint density at radius 3 is 2.36 bits per heavy atom. The first-order chi connectivity index (χ1) is 18.8. The van der Waals surface area contributed by atoms with E-state index in [4.69, 9.17) is 14.2 Å². The van der Waals surface area contributed by atoms with Crippen molar-refractivity contribution >= 4 is 12.0 Å². The number of methoxy groups -OCH3 is 3. The van der Waals surface area contributed by atoms with Gasteiger partial charge >= 0.3 is 0 Å². The van der Waals surface area contributed by atoms with Crippen LogP contribution in [0, 0.1) is 11.6 Å². The Balaban J connectivity index is 1.64. The number of halogens is 2. The lowest BCUT2D eigenvalue weighted by molar-refractivity contribution is 0.0676. The second-order valence-corrected chi connectivity index (χ2v) is 10.3. The number of rotatable bonds is 10. The van der Waals surface area contributed by atoms with Gasteiger partial charge in [-0.25, -0.2) is 8.78 Å². The minimum absolute atomic E-state index is 0.182. The zero-order chi connectivity index (χ0) is 27.9. The van der Waals surface area contributed by atoms with Crippen molar-refractivity contribution in [1.82, 2.24) is 15.1 Å². The Kier molecular flexibility index (Phi) is 9.80. The van der Waals surface area contributed by atoms with Crippen LogP contribution in [0.1, 0.15) is 48.5 Å². The van der Waals surface area contributed by atoms with E-state index in [2.05, 4.69) is 10.2 Å². The van der Waals surface area contributed by atoms with Crippen LogP contribution in [0.4, 0.5) is 8.78 Å². The maximum absolute atomic E-state index is 14.4. The molecule has 39 heavy (non-hydrogen) atoms. The van der Waals surface area contributed by atoms with Gasteiger partial charge in [0.15, 0.2) is 11.5 Å². The van der Waals surface area contributed by atoms with Crippen LogP contribution in [0.3, 0.4) is 0 Å². The molecule has 1 amide bonds. The number of amides is 1. The van der Waals surface area contributed by atoms with Crippen LogP contribution in [0.15, 0.2) is 35.9 Å². The van der Waals surface area contributed by atoms with Gasteiger partial charge in [0.2, 0.25) is 5.75 Å². The molecule has 0 spiro atoms. The molecule has 2 aliphatic rings. The molecule has 7 nitrogen and oxygen atoms in total. The van der Waals surface area contributed by atoms with Crippen LogP contribution < -0.4 is 19.5 Å². The molecule has 0 unspecified atom stereocenters. The normalized spacial score (nSPS) is 18.7. The van der Waals surface area contributed by atoms with Crippen LogP contribution in [-0.2, 0) is 0 Å². The van der Waals surface area contributed by atoms with E-state index in [1.807, 2.05) is 11.8 Å². The molecule has 4 rings (SSSR count). The minimum atomic E-state index is -0.635. The van der Waals surface area contributed by atoms with Crippen LogP contribution in [0.2, 0.25) is 0 Å². The predicted molar refractivity (Wildman–Crippen MR) is 148 cm³/mol. The van der Waals surface area contributed by atoms with Crippen molar-refractivity contribution in [3.05, 3.63) is 58.7 Å². The summed E-state index contributed by atoms with van der Waals surface area (Å²) in [6, 6.07) is 7.57. The third-order valence-corrected chi connectivity index (χ3v) is 7.64. The fourth-order valence-electron chi connectivity index (χ4n) is 5.76. The SMILES string of the molecule is COc1cc(C(=O)N(C/C(C)=C/c2ccc(F)cc2F)C[C@H]2CCCN2C2CCNCC2)cc(OC)c1OC. The third kappa shape index (κ3) is 6.89. The summed E-state index contributed by atoms with van der Waals surface area (Å²) < 4.78 is 44.2. The van der Waals surface area contributed by atoms with Gasteiger partial charge in [0.05, 0.1) is 21.3 Å². The highest BCUT2D eigenvalue weighted by molar-refractivity contribution is 5.96. The molecule has 0 saturated carbocycles. The quantitative estimate of drug-likeness (QED) is 0.467. The first-order valence-corrected chi connectivity index (χ1v) is 13.5. The van der Waals surface area contributed by atoms with Gasteiger partial charge in [-0.2, -0.15) is 0 Å². The number of benzene rings is 2. The number of hydrogen-bond donors (Lipinski definition) is 1. The van der Waals surface area contributed by atoms with Crippen LogP contribution >= 0.6 is 0 Å². The van der Waals surface area contributed by atoms with E-state index in [9.17, 15) is 13.6 Å². The number of nitrogens with zero attached hydrogens (tertiary/aromatic N) is 2. The number of hydrogen-bond acceptors (Lipinski definition) is 6. The molecule has 0 aromatic heterocycles. The molecule has 2 aromatic carbocycles. The van der Waals surface area contributed by atoms with Crippen LogP contribution in [0.25, 0.3) is 6.08 Å². The second-order valence-electron chi connectivity index (χ2n) is 10.3. The lowest BCUT2D eigenvalue weighted by atomic mass is 10.0. The predicted octanol–water partition coefficient (Wildman–Crippen LogP) is 4.75. The average molecular weight is 544 g/mol. The maximum atomic E-state index is 14.4. The summed E-state index contributed by atoms with van der Waals surface area (Å²) in [7, 11) is 4.55. The number of piperidine rings is 1. The standard InChI is InChI=1S/C30H39F2N3O4/c1-20(14-21-7-8-23(31)17-26(21)32)18-34(19-25-6-5-13-35(25)24-9-11-33-12-10-24)30(36)22-15-27(37-2)29(39-4)28(16-22)38-3/h7-8,14-17,24-25,33H,5-6,9-13,18-19H2,1-4H3/b20-14+/t25-/m1/s1. The van der Waals surface area contributed by atoms with Gasteiger partial charge in [-0.3, -0.25) is 9.69 Å². The number of nitrogens with one attached hydrogen (secondary N) is 1. The van der Waals surface area contributed by atoms with Gasteiger partial charge in [0.1, 0.15) is 11.6 Å². The summed E-state index contributed by atoms with van der Waals surface area (Å²) in [6.45, 7) is 5.73. The van der Waals surface area contributed by atoms with Gasteiger partial charge < -0.3 is 24.4 Å². The average Bonchev–Trinajstić information content (AvgIpc) is 3.41. The molecule has 2 aromatic rings. The van der Waals surface area contributed by atoms with E-state index < -0.39 is 11.6 Å². The molecule has 2 aliphatic heterocycles. The molecule has 212 valence electrons. The molecule has 0 bridgehead atoms. The van der Waals surface area contributed by atoms with Crippen molar-refractivity contribution in [2.24, 2.45) is 0 Å². The zero-order valence-corrected chi connectivity index (χ0v) is 23.3. The van der Waals surface area contributed by atoms with E-state index in [-0.39, 0.29) is 17.5 Å². The van der Waals surface area contributed by atoms with Crippen molar-refractivity contribution < 1.29 is 27.8 Å². The Bertz CT molecular complexity index is 1160. The van der Waals surface area contributed by atoms with E-state index in [0.717, 1.165) is 57.0 Å². The minimum Gasteiger partial charge on any atom is -0.493 e. The molecule has 2 saturated heterocycles. The van der Waals surface area contributed by atoms with E-state index in [1.54, 1.807) is 18.2 Å². The highest BCUT2D eigenvalue weighted by Crippen LogP contribution is 2.38. The highest BCUT2D eigenvalue weighted by Gasteiger charge is 2.34. The van der Waals surface area contributed by atoms with E-state index in [1.165, 1.54) is 33.5 Å². The first kappa shape index (κ1) is 28.8. The summed E-state index contributed by atoms with van der Waals surface area (Å²) >= 11 is 0. The van der Waals surface area contributed by atoms with Crippen molar-refractivity contribution in [2.45, 2.75) is 44.7 Å². The number of likely N-dealkylation sites (tertiary alicyclic amines) is 1. The molecule has 0 aliphatic carbocycles. The fraction of sp³-hybridized carbons (Fsp3) is 0.500. The summed E-state index contributed by atoms with van der Waals surface area (Å²) in [5.41, 5.74) is 1.48. The van der Waals surface area contributed by atoms with E-state index >= 15 is 0 Å². The maximum Gasteiger partial charge on any atom is 0.254 e. The lowest BCUT2D eigenvalue weighted by Crippen LogP contribution is -2.50. The third-order valence-electron chi connectivity index (χ3n) is 7.64. The summed E-state index contributed by atoms with van der Waals surface area (Å²) in [6.07, 6.45) is 5.97. The lowest BCUT2D eigenvalue weighted by Gasteiger charge is -2.38. The topological polar surface area (TPSA) is 63.3 Å². The van der Waals surface area contributed by atoms with Gasteiger partial charge in [0, 0.05) is 42.4 Å². The Morgan fingerprint density at radius 2 is 1.74 bits per heavy atom. The molecule has 2 fully saturated rings. The summed E-state index contributed by atoms with van der Waals surface area (Å²) in [5, 5.41) is 3.44. The van der Waals surface area contributed by atoms with Crippen LogP contribution in [-0.4, -0.2) is 81.8 Å². The number of carbonyl (C=O) groups is 1.